The highest BCUT2D eigenvalue weighted by Crippen LogP contribution is 2.39. The van der Waals surface area contributed by atoms with Crippen LogP contribution in [0.2, 0.25) is 0 Å². The highest BCUT2D eigenvalue weighted by atomic mass is 32.2. The number of thioether (sulfide) groups is 1. The van der Waals surface area contributed by atoms with E-state index in [0.717, 1.165) is 16.7 Å². The maximum atomic E-state index is 12.8. The Kier molecular flexibility index (Phi) is 6.25. The van der Waals surface area contributed by atoms with Crippen molar-refractivity contribution in [2.75, 3.05) is 5.75 Å². The lowest BCUT2D eigenvalue weighted by molar-refractivity contribution is -0.178. The molecule has 0 saturated carbocycles. The largest absolute Gasteiger partial charge is 0.480 e. The van der Waals surface area contributed by atoms with E-state index in [1.54, 1.807) is 35.6 Å². The van der Waals surface area contributed by atoms with Crippen LogP contribution in [-0.4, -0.2) is 63.1 Å². The Hall–Kier alpha value is -2.76. The number of ether oxygens (including phenoxy) is 1. The van der Waals surface area contributed by atoms with Gasteiger partial charge in [0.25, 0.3) is 0 Å². The van der Waals surface area contributed by atoms with E-state index in [2.05, 4.69) is 0 Å². The third kappa shape index (κ3) is 4.53. The van der Waals surface area contributed by atoms with E-state index in [9.17, 15) is 37.5 Å². The van der Waals surface area contributed by atoms with Crippen molar-refractivity contribution in [3.05, 3.63) is 35.9 Å². The third-order valence-corrected chi connectivity index (χ3v) is 6.14. The number of carboxylic acids is 1. The van der Waals surface area contributed by atoms with Crippen LogP contribution in [0.1, 0.15) is 12.0 Å². The fourth-order valence-corrected chi connectivity index (χ4v) is 4.83. The van der Waals surface area contributed by atoms with Gasteiger partial charge in [0.1, 0.15) is 18.7 Å². The Morgan fingerprint density at radius 2 is 1.90 bits per heavy atom. The number of nitrogens with one attached hydrogen (secondary N) is 1. The molecule has 2 heterocycles. The molecule has 162 valence electrons. The fourth-order valence-electron chi connectivity index (χ4n) is 3.37. The maximum Gasteiger partial charge on any atom is 0.471 e. The standard InChI is InChI=1S/C18H17F3N2O6S/c19-18(20,21)17(28)22-13-10(16(27)29-7-9-4-2-1-3-5-9)6-12-23(14(13)24)11(8-30-12)15(25)26/h1-5,10-13H,6-8H2,(H,22,28)(H,25,26)/t10-,11+,12+,13+/m1/s1. The van der Waals surface area contributed by atoms with Gasteiger partial charge in [-0.2, -0.15) is 13.2 Å². The fraction of sp³-hybridized carbons (Fsp3) is 0.444. The van der Waals surface area contributed by atoms with E-state index in [-0.39, 0.29) is 18.8 Å². The molecule has 0 spiro atoms. The summed E-state index contributed by atoms with van der Waals surface area (Å²) in [5, 5.41) is 10.1. The molecule has 8 nitrogen and oxygen atoms in total. The van der Waals surface area contributed by atoms with Crippen LogP contribution in [0.3, 0.4) is 0 Å². The average Bonchev–Trinajstić information content (AvgIpc) is 3.12. The van der Waals surface area contributed by atoms with Crippen LogP contribution < -0.4 is 5.32 Å². The van der Waals surface area contributed by atoms with Gasteiger partial charge in [0.05, 0.1) is 11.3 Å². The topological polar surface area (TPSA) is 113 Å². The number of benzene rings is 1. The predicted octanol–water partition coefficient (Wildman–Crippen LogP) is 1.15. The lowest BCUT2D eigenvalue weighted by Gasteiger charge is -2.40. The Morgan fingerprint density at radius 1 is 1.23 bits per heavy atom. The quantitative estimate of drug-likeness (QED) is 0.653. The molecule has 4 atom stereocenters. The van der Waals surface area contributed by atoms with E-state index in [1.807, 2.05) is 0 Å². The number of esters is 1. The van der Waals surface area contributed by atoms with Crippen LogP contribution in [0.25, 0.3) is 0 Å². The number of halogens is 3. The molecule has 0 aromatic heterocycles. The Labute approximate surface area is 172 Å². The van der Waals surface area contributed by atoms with Crippen LogP contribution in [0, 0.1) is 5.92 Å². The number of rotatable bonds is 5. The van der Waals surface area contributed by atoms with Crippen LogP contribution in [0.5, 0.6) is 0 Å². The molecule has 2 saturated heterocycles. The summed E-state index contributed by atoms with van der Waals surface area (Å²) in [5.74, 6) is -7.06. The first-order valence-electron chi connectivity index (χ1n) is 8.84. The monoisotopic (exact) mass is 446 g/mol. The van der Waals surface area contributed by atoms with Crippen LogP contribution in [0.15, 0.2) is 30.3 Å². The first-order chi connectivity index (χ1) is 14.1. The molecule has 0 radical (unpaired) electrons. The van der Waals surface area contributed by atoms with Crippen LogP contribution in [0.4, 0.5) is 13.2 Å². The summed E-state index contributed by atoms with van der Waals surface area (Å²) in [6.45, 7) is -0.163. The van der Waals surface area contributed by atoms with Gasteiger partial charge >= 0.3 is 24.0 Å². The van der Waals surface area contributed by atoms with Crippen molar-refractivity contribution in [3.8, 4) is 0 Å². The minimum Gasteiger partial charge on any atom is -0.480 e. The van der Waals surface area contributed by atoms with Crippen molar-refractivity contribution in [2.45, 2.75) is 36.7 Å². The molecular formula is C18H17F3N2O6S. The number of hydrogen-bond acceptors (Lipinski definition) is 6. The summed E-state index contributed by atoms with van der Waals surface area (Å²) >= 11 is 1.11. The van der Waals surface area contributed by atoms with E-state index in [4.69, 9.17) is 4.74 Å². The summed E-state index contributed by atoms with van der Waals surface area (Å²) in [7, 11) is 0. The van der Waals surface area contributed by atoms with Crippen molar-refractivity contribution >= 4 is 35.5 Å². The van der Waals surface area contributed by atoms with Gasteiger partial charge in [-0.05, 0) is 12.0 Å². The second-order valence-corrected chi connectivity index (χ2v) is 7.98. The predicted molar refractivity (Wildman–Crippen MR) is 96.8 cm³/mol. The Bertz CT molecular complexity index is 850. The number of carboxylic acid groups (broad SMARTS) is 1. The van der Waals surface area contributed by atoms with Gasteiger partial charge < -0.3 is 20.1 Å². The van der Waals surface area contributed by atoms with Crippen LogP contribution in [-0.2, 0) is 30.5 Å². The zero-order chi connectivity index (χ0) is 22.1. The summed E-state index contributed by atoms with van der Waals surface area (Å²) in [6.07, 6.45) is -5.42. The zero-order valence-electron chi connectivity index (χ0n) is 15.3. The van der Waals surface area contributed by atoms with Gasteiger partial charge in [0, 0.05) is 5.75 Å². The summed E-state index contributed by atoms with van der Waals surface area (Å²) in [5.41, 5.74) is 0.631. The molecule has 30 heavy (non-hydrogen) atoms. The zero-order valence-corrected chi connectivity index (χ0v) is 16.1. The van der Waals surface area contributed by atoms with Crippen molar-refractivity contribution < 1.29 is 42.2 Å². The first-order valence-corrected chi connectivity index (χ1v) is 9.89. The molecule has 0 unspecified atom stereocenters. The van der Waals surface area contributed by atoms with Gasteiger partial charge in [0.2, 0.25) is 5.91 Å². The highest BCUT2D eigenvalue weighted by molar-refractivity contribution is 8.00. The van der Waals surface area contributed by atoms with Crippen molar-refractivity contribution in [2.24, 2.45) is 5.92 Å². The number of carbonyl (C=O) groups excluding carboxylic acids is 3. The number of nitrogens with zero attached hydrogens (tertiary/aromatic N) is 1. The molecule has 12 heteroatoms. The highest BCUT2D eigenvalue weighted by Gasteiger charge is 2.54. The third-order valence-electron chi connectivity index (χ3n) is 4.83. The molecule has 3 rings (SSSR count). The molecule has 2 aliphatic heterocycles. The number of aliphatic carboxylic acids is 1. The number of alkyl halides is 3. The lowest BCUT2D eigenvalue weighted by atomic mass is 9.89. The van der Waals surface area contributed by atoms with E-state index in [0.29, 0.717) is 5.56 Å². The van der Waals surface area contributed by atoms with E-state index < -0.39 is 53.3 Å². The second kappa shape index (κ2) is 8.54. The SMILES string of the molecule is O=C(OCc1ccccc1)[C@@H]1C[C@@H]2SC[C@@H](C(=O)O)N2C(=O)[C@H]1NC(=O)C(F)(F)F. The number of piperidine rings is 1. The maximum absolute atomic E-state index is 12.8. The number of carbonyl (C=O) groups is 4. The van der Waals surface area contributed by atoms with Crippen molar-refractivity contribution in [1.82, 2.24) is 10.2 Å². The van der Waals surface area contributed by atoms with Gasteiger partial charge in [0.15, 0.2) is 0 Å². The van der Waals surface area contributed by atoms with E-state index >= 15 is 0 Å². The molecule has 1 aromatic rings. The molecule has 2 aliphatic rings. The van der Waals surface area contributed by atoms with Crippen molar-refractivity contribution in [1.29, 1.82) is 0 Å². The molecule has 2 amide bonds. The van der Waals surface area contributed by atoms with Crippen LogP contribution >= 0.6 is 11.8 Å². The van der Waals surface area contributed by atoms with E-state index in [1.165, 1.54) is 0 Å². The van der Waals surface area contributed by atoms with Crippen molar-refractivity contribution in [3.63, 3.8) is 0 Å². The average molecular weight is 446 g/mol. The molecule has 2 N–H and O–H groups in total. The summed E-state index contributed by atoms with van der Waals surface area (Å²) < 4.78 is 43.4. The molecule has 2 fully saturated rings. The first kappa shape index (κ1) is 21.9. The number of amides is 2. The summed E-state index contributed by atoms with van der Waals surface area (Å²) in [6, 6.07) is 5.39. The Balaban J connectivity index is 1.81. The lowest BCUT2D eigenvalue weighted by Crippen LogP contribution is -2.63. The smallest absolute Gasteiger partial charge is 0.471 e. The minimum atomic E-state index is -5.28. The second-order valence-electron chi connectivity index (χ2n) is 6.77. The minimum absolute atomic E-state index is 0.0253. The number of hydrogen-bond donors (Lipinski definition) is 2. The summed E-state index contributed by atoms with van der Waals surface area (Å²) in [4.78, 5) is 49.2. The van der Waals surface area contributed by atoms with Gasteiger partial charge in [-0.3, -0.25) is 14.4 Å². The van der Waals surface area contributed by atoms with Gasteiger partial charge in [-0.15, -0.1) is 11.8 Å². The Morgan fingerprint density at radius 3 is 2.50 bits per heavy atom. The van der Waals surface area contributed by atoms with Gasteiger partial charge in [-0.1, -0.05) is 30.3 Å². The molecular weight excluding hydrogens is 429 g/mol. The normalized spacial score (nSPS) is 26.1. The number of fused-ring (bicyclic) bond motifs is 1. The van der Waals surface area contributed by atoms with Gasteiger partial charge in [-0.25, -0.2) is 4.79 Å². The molecule has 1 aromatic carbocycles. The molecule has 0 aliphatic carbocycles. The molecule has 0 bridgehead atoms.